The van der Waals surface area contributed by atoms with Crippen LogP contribution < -0.4 is 11.6 Å². The van der Waals surface area contributed by atoms with Gasteiger partial charge in [0.1, 0.15) is 0 Å². The van der Waals surface area contributed by atoms with Crippen molar-refractivity contribution < 1.29 is 4.92 Å². The third-order valence-electron chi connectivity index (χ3n) is 2.27. The first-order chi connectivity index (χ1) is 7.91. The smallest absolute Gasteiger partial charge is 0.270 e. The van der Waals surface area contributed by atoms with Crippen LogP contribution in [0.1, 0.15) is 19.4 Å². The summed E-state index contributed by atoms with van der Waals surface area (Å²) in [4.78, 5) is 10.2. The molecule has 0 aliphatic carbocycles. The van der Waals surface area contributed by atoms with Gasteiger partial charge < -0.3 is 10.7 Å². The van der Waals surface area contributed by atoms with Crippen molar-refractivity contribution in [2.24, 2.45) is 11.6 Å². The molecule has 6 nitrogen and oxygen atoms in total. The van der Waals surface area contributed by atoms with Gasteiger partial charge in [-0.3, -0.25) is 10.1 Å². The van der Waals surface area contributed by atoms with Gasteiger partial charge in [-0.2, -0.15) is 0 Å². The van der Waals surface area contributed by atoms with Crippen LogP contribution in [0.2, 0.25) is 0 Å². The summed E-state index contributed by atoms with van der Waals surface area (Å²) in [5.74, 6) is 5.70. The Morgan fingerprint density at radius 2 is 2.18 bits per heavy atom. The molecule has 1 rings (SSSR count). The summed E-state index contributed by atoms with van der Waals surface area (Å²) in [6.07, 6.45) is 1.56. The van der Waals surface area contributed by atoms with Crippen molar-refractivity contribution in [3.63, 3.8) is 0 Å². The van der Waals surface area contributed by atoms with Crippen molar-refractivity contribution in [3.05, 3.63) is 46.1 Å². The maximum Gasteiger partial charge on any atom is 0.270 e. The Bertz CT molecular complexity index is 443. The molecule has 0 unspecified atom stereocenters. The highest BCUT2D eigenvalue weighted by molar-refractivity contribution is 5.64. The van der Waals surface area contributed by atoms with Gasteiger partial charge in [-0.25, -0.2) is 5.84 Å². The number of hydrogen-bond donors (Lipinski definition) is 2. The molecule has 0 aliphatic heterocycles. The van der Waals surface area contributed by atoms with Gasteiger partial charge in [-0.1, -0.05) is 12.1 Å². The van der Waals surface area contributed by atoms with E-state index in [0.717, 1.165) is 0 Å². The van der Waals surface area contributed by atoms with E-state index < -0.39 is 4.92 Å². The number of hydrazine groups is 1. The van der Waals surface area contributed by atoms with Crippen molar-refractivity contribution >= 4 is 11.4 Å². The van der Waals surface area contributed by atoms with Gasteiger partial charge in [-0.15, -0.1) is 0 Å². The Morgan fingerprint density at radius 1 is 1.53 bits per heavy atom. The maximum absolute atomic E-state index is 10.6. The predicted molar refractivity (Wildman–Crippen MR) is 66.4 cm³/mol. The molecule has 0 aromatic heterocycles. The number of hydrogen-bond acceptors (Lipinski definition) is 5. The van der Waals surface area contributed by atoms with E-state index >= 15 is 0 Å². The molecule has 0 fully saturated rings. The third-order valence-corrected chi connectivity index (χ3v) is 2.27. The summed E-state index contributed by atoms with van der Waals surface area (Å²) in [5, 5.41) is 12.1. The van der Waals surface area contributed by atoms with Gasteiger partial charge in [0.25, 0.3) is 5.69 Å². The van der Waals surface area contributed by atoms with Gasteiger partial charge in [0.05, 0.1) is 10.6 Å². The second-order valence-electron chi connectivity index (χ2n) is 3.93. The molecular weight excluding hydrogens is 220 g/mol. The van der Waals surface area contributed by atoms with Gasteiger partial charge in [0.15, 0.2) is 0 Å². The molecular formula is C11H16N4O2. The van der Waals surface area contributed by atoms with E-state index in [-0.39, 0.29) is 11.7 Å². The maximum atomic E-state index is 10.6. The van der Waals surface area contributed by atoms with Crippen molar-refractivity contribution in [2.45, 2.75) is 19.9 Å². The molecule has 4 N–H and O–H groups in total. The fourth-order valence-corrected chi connectivity index (χ4v) is 1.18. The standard InChI is InChI=1S/C11H16N4O2/c1-8(2)14(13)7-11(12)9-4-3-5-10(6-9)15(16)17/h3-8H,12-13H2,1-2H3/b11-7-. The van der Waals surface area contributed by atoms with Crippen LogP contribution in [0.25, 0.3) is 5.70 Å². The summed E-state index contributed by atoms with van der Waals surface area (Å²) in [6, 6.07) is 6.23. The fraction of sp³-hybridized carbons (Fsp3) is 0.273. The second kappa shape index (κ2) is 5.31. The number of rotatable bonds is 4. The average Bonchev–Trinajstić information content (AvgIpc) is 2.28. The minimum absolute atomic E-state index is 0.00645. The molecule has 92 valence electrons. The molecule has 0 saturated carbocycles. The number of nitro groups is 1. The topological polar surface area (TPSA) is 98.4 Å². The normalized spacial score (nSPS) is 11.6. The van der Waals surface area contributed by atoms with Crippen molar-refractivity contribution in [1.82, 2.24) is 5.01 Å². The largest absolute Gasteiger partial charge is 0.397 e. The highest BCUT2D eigenvalue weighted by Crippen LogP contribution is 2.17. The molecule has 0 radical (unpaired) electrons. The van der Waals surface area contributed by atoms with Gasteiger partial charge in [-0.05, 0) is 13.8 Å². The van der Waals surface area contributed by atoms with E-state index in [0.29, 0.717) is 11.3 Å². The van der Waals surface area contributed by atoms with Crippen LogP contribution in [-0.4, -0.2) is 16.0 Å². The lowest BCUT2D eigenvalue weighted by Gasteiger charge is -2.19. The number of nitro benzene ring substituents is 1. The van der Waals surface area contributed by atoms with Crippen LogP contribution in [-0.2, 0) is 0 Å². The molecule has 0 atom stereocenters. The summed E-state index contributed by atoms with van der Waals surface area (Å²) in [5.41, 5.74) is 6.80. The van der Waals surface area contributed by atoms with E-state index in [1.165, 1.54) is 17.1 Å². The lowest BCUT2D eigenvalue weighted by atomic mass is 10.1. The zero-order chi connectivity index (χ0) is 13.0. The number of benzene rings is 1. The first kappa shape index (κ1) is 13.0. The van der Waals surface area contributed by atoms with Crippen LogP contribution in [0.5, 0.6) is 0 Å². The first-order valence-corrected chi connectivity index (χ1v) is 5.17. The number of nitrogens with zero attached hydrogens (tertiary/aromatic N) is 2. The number of non-ortho nitro benzene ring substituents is 1. The average molecular weight is 236 g/mol. The highest BCUT2D eigenvalue weighted by Gasteiger charge is 2.08. The molecule has 0 saturated heterocycles. The molecule has 1 aromatic rings. The molecule has 17 heavy (non-hydrogen) atoms. The first-order valence-electron chi connectivity index (χ1n) is 5.17. The lowest BCUT2D eigenvalue weighted by Crippen LogP contribution is -2.32. The zero-order valence-corrected chi connectivity index (χ0v) is 9.83. The Hall–Kier alpha value is -2.08. The van der Waals surface area contributed by atoms with Crippen LogP contribution in [0.3, 0.4) is 0 Å². The molecule has 0 heterocycles. The van der Waals surface area contributed by atoms with Crippen LogP contribution in [0.15, 0.2) is 30.5 Å². The molecule has 0 spiro atoms. The Labute approximate surface area is 99.6 Å². The van der Waals surface area contributed by atoms with Gasteiger partial charge >= 0.3 is 0 Å². The van der Waals surface area contributed by atoms with Crippen molar-refractivity contribution in [2.75, 3.05) is 0 Å². The second-order valence-corrected chi connectivity index (χ2v) is 3.93. The molecule has 0 aliphatic rings. The van der Waals surface area contributed by atoms with E-state index in [2.05, 4.69) is 0 Å². The molecule has 1 aromatic carbocycles. The third kappa shape index (κ3) is 3.46. The van der Waals surface area contributed by atoms with E-state index in [4.69, 9.17) is 11.6 Å². The Morgan fingerprint density at radius 3 is 2.71 bits per heavy atom. The highest BCUT2D eigenvalue weighted by atomic mass is 16.6. The molecule has 0 bridgehead atoms. The van der Waals surface area contributed by atoms with Gasteiger partial charge in [0.2, 0.25) is 0 Å². The summed E-state index contributed by atoms with van der Waals surface area (Å²) in [7, 11) is 0. The van der Waals surface area contributed by atoms with Crippen LogP contribution in [0, 0.1) is 10.1 Å². The SMILES string of the molecule is CC(C)N(N)/C=C(\N)c1cccc([N+](=O)[O-])c1. The Balaban J connectivity index is 3.00. The number of nitrogens with two attached hydrogens (primary N) is 2. The summed E-state index contributed by atoms with van der Waals surface area (Å²) >= 11 is 0. The monoisotopic (exact) mass is 236 g/mol. The van der Waals surface area contributed by atoms with Crippen LogP contribution >= 0.6 is 0 Å². The Kier molecular flexibility index (Phi) is 4.06. The zero-order valence-electron chi connectivity index (χ0n) is 9.83. The predicted octanol–water partition coefficient (Wildman–Crippen LogP) is 1.44. The molecule has 6 heteroatoms. The quantitative estimate of drug-likeness (QED) is 0.468. The summed E-state index contributed by atoms with van der Waals surface area (Å²) in [6.45, 7) is 3.83. The minimum Gasteiger partial charge on any atom is -0.397 e. The lowest BCUT2D eigenvalue weighted by molar-refractivity contribution is -0.384. The fourth-order valence-electron chi connectivity index (χ4n) is 1.18. The van der Waals surface area contributed by atoms with E-state index in [1.54, 1.807) is 18.3 Å². The van der Waals surface area contributed by atoms with E-state index in [1.807, 2.05) is 13.8 Å². The molecule has 0 amide bonds. The van der Waals surface area contributed by atoms with Crippen molar-refractivity contribution in [1.29, 1.82) is 0 Å². The van der Waals surface area contributed by atoms with Gasteiger partial charge in [0, 0.05) is 29.9 Å². The van der Waals surface area contributed by atoms with Crippen molar-refractivity contribution in [3.8, 4) is 0 Å². The van der Waals surface area contributed by atoms with E-state index in [9.17, 15) is 10.1 Å². The summed E-state index contributed by atoms with van der Waals surface area (Å²) < 4.78 is 0. The minimum atomic E-state index is -0.459. The van der Waals surface area contributed by atoms with Crippen LogP contribution in [0.4, 0.5) is 5.69 Å².